The Morgan fingerprint density at radius 2 is 2.31 bits per heavy atom. The molecule has 0 saturated carbocycles. The number of hydrogen-bond acceptors (Lipinski definition) is 4. The molecule has 0 saturated heterocycles. The number of ether oxygens (including phenoxy) is 1. The molecule has 0 spiro atoms. The van der Waals surface area contributed by atoms with Crippen molar-refractivity contribution in [3.8, 4) is 0 Å². The molecule has 0 amide bonds. The van der Waals surface area contributed by atoms with Crippen LogP contribution in [0.25, 0.3) is 0 Å². The van der Waals surface area contributed by atoms with E-state index in [1.54, 1.807) is 25.6 Å². The first-order valence-corrected chi connectivity index (χ1v) is 6.13. The van der Waals surface area contributed by atoms with Crippen molar-refractivity contribution in [1.29, 1.82) is 0 Å². The fraction of sp³-hybridized carbons (Fsp3) is 0.444. The van der Waals surface area contributed by atoms with Gasteiger partial charge in [-0.2, -0.15) is 8.42 Å². The lowest BCUT2D eigenvalue weighted by molar-refractivity contribution is 0.171. The third-order valence-corrected chi connectivity index (χ3v) is 1.92. The Balaban J connectivity index is 0.000000368. The third-order valence-electron chi connectivity index (χ3n) is 1.24. The molecule has 1 heterocycles. The van der Waals surface area contributed by atoms with E-state index < -0.39 is 10.1 Å². The van der Waals surface area contributed by atoms with Crippen LogP contribution in [0.2, 0.25) is 0 Å². The number of nitrogens with one attached hydrogen (secondary N) is 1. The maximum Gasteiger partial charge on any atom is 0.267 e. The molecule has 1 rings (SSSR count). The zero-order valence-electron chi connectivity index (χ0n) is 9.09. The number of rotatable bonds is 5. The standard InChI is InChI=1S/C6H12O4S.C3H4N2/c1-6(2)5-10-3-4-11(7,8)9;1-2-5-3-4-1/h1,3-5H2,2H3,(H,7,8,9);1-3H,(H,4,5). The smallest absolute Gasteiger partial charge is 0.267 e. The number of nitrogens with zero attached hydrogens (tertiary/aromatic N) is 1. The fourth-order valence-electron chi connectivity index (χ4n) is 0.626. The Bertz CT molecular complexity index is 355. The summed E-state index contributed by atoms with van der Waals surface area (Å²) in [7, 11) is -3.88. The van der Waals surface area contributed by atoms with Gasteiger partial charge in [-0.05, 0) is 6.92 Å². The van der Waals surface area contributed by atoms with E-state index in [9.17, 15) is 8.42 Å². The molecule has 0 aromatic carbocycles. The molecule has 0 aliphatic rings. The quantitative estimate of drug-likeness (QED) is 0.458. The van der Waals surface area contributed by atoms with Crippen molar-refractivity contribution in [3.63, 3.8) is 0 Å². The van der Waals surface area contributed by atoms with Gasteiger partial charge in [0.1, 0.15) is 0 Å². The predicted octanol–water partition coefficient (Wildman–Crippen LogP) is 0.877. The summed E-state index contributed by atoms with van der Waals surface area (Å²) >= 11 is 0. The van der Waals surface area contributed by atoms with E-state index >= 15 is 0 Å². The maximum atomic E-state index is 10.1. The van der Waals surface area contributed by atoms with Gasteiger partial charge in [-0.25, -0.2) is 4.98 Å². The van der Waals surface area contributed by atoms with Crippen molar-refractivity contribution in [2.75, 3.05) is 19.0 Å². The highest BCUT2D eigenvalue weighted by Crippen LogP contribution is 1.89. The molecule has 0 radical (unpaired) electrons. The summed E-state index contributed by atoms with van der Waals surface area (Å²) in [5.41, 5.74) is 0.820. The average molecular weight is 248 g/mol. The van der Waals surface area contributed by atoms with Gasteiger partial charge in [0.2, 0.25) is 0 Å². The van der Waals surface area contributed by atoms with E-state index in [4.69, 9.17) is 9.29 Å². The van der Waals surface area contributed by atoms with E-state index in [-0.39, 0.29) is 12.4 Å². The molecule has 0 atom stereocenters. The minimum atomic E-state index is -3.88. The number of imidazole rings is 1. The fourth-order valence-corrected chi connectivity index (χ4v) is 0.954. The van der Waals surface area contributed by atoms with Crippen LogP contribution in [0.4, 0.5) is 0 Å². The Labute approximate surface area is 95.1 Å². The Morgan fingerprint density at radius 3 is 2.62 bits per heavy atom. The zero-order chi connectivity index (χ0) is 12.4. The van der Waals surface area contributed by atoms with Gasteiger partial charge in [0, 0.05) is 12.4 Å². The predicted molar refractivity (Wildman–Crippen MR) is 60.6 cm³/mol. The molecule has 7 heteroatoms. The molecule has 16 heavy (non-hydrogen) atoms. The summed E-state index contributed by atoms with van der Waals surface area (Å²) in [4.78, 5) is 6.42. The minimum Gasteiger partial charge on any atom is -0.376 e. The Morgan fingerprint density at radius 1 is 1.62 bits per heavy atom. The van der Waals surface area contributed by atoms with Crippen molar-refractivity contribution in [3.05, 3.63) is 30.9 Å². The first-order chi connectivity index (χ1) is 7.42. The summed E-state index contributed by atoms with van der Waals surface area (Å²) in [6.07, 6.45) is 5.08. The molecule has 0 bridgehead atoms. The van der Waals surface area contributed by atoms with Crippen LogP contribution >= 0.6 is 0 Å². The van der Waals surface area contributed by atoms with Crippen LogP contribution in [-0.4, -0.2) is 41.9 Å². The van der Waals surface area contributed by atoms with Crippen molar-refractivity contribution in [1.82, 2.24) is 9.97 Å². The molecule has 6 nitrogen and oxygen atoms in total. The molecular formula is C9H16N2O4S. The van der Waals surface area contributed by atoms with Crippen molar-refractivity contribution in [2.24, 2.45) is 0 Å². The third kappa shape index (κ3) is 12.8. The second kappa shape index (κ2) is 8.03. The molecule has 0 unspecified atom stereocenters. The van der Waals surface area contributed by atoms with Gasteiger partial charge >= 0.3 is 0 Å². The highest BCUT2D eigenvalue weighted by Gasteiger charge is 2.02. The van der Waals surface area contributed by atoms with Crippen LogP contribution in [-0.2, 0) is 14.9 Å². The summed E-state index contributed by atoms with van der Waals surface area (Å²) in [6, 6.07) is 0. The second-order valence-corrected chi connectivity index (χ2v) is 4.63. The van der Waals surface area contributed by atoms with Gasteiger partial charge in [-0.15, -0.1) is 0 Å². The van der Waals surface area contributed by atoms with Gasteiger partial charge < -0.3 is 9.72 Å². The van der Waals surface area contributed by atoms with Gasteiger partial charge in [-0.3, -0.25) is 4.55 Å². The summed E-state index contributed by atoms with van der Waals surface area (Å²) in [5, 5.41) is 0. The SMILES string of the molecule is C=C(C)COCCS(=O)(=O)O.c1c[nH]cn1. The number of hydrogen-bond donors (Lipinski definition) is 2. The van der Waals surface area contributed by atoms with Crippen LogP contribution in [0.15, 0.2) is 30.9 Å². The zero-order valence-corrected chi connectivity index (χ0v) is 9.90. The van der Waals surface area contributed by atoms with Gasteiger partial charge in [0.05, 0.1) is 25.3 Å². The first-order valence-electron chi connectivity index (χ1n) is 4.52. The van der Waals surface area contributed by atoms with Crippen LogP contribution < -0.4 is 0 Å². The molecule has 0 fully saturated rings. The van der Waals surface area contributed by atoms with Crippen molar-refractivity contribution < 1.29 is 17.7 Å². The lowest BCUT2D eigenvalue weighted by Crippen LogP contribution is -2.11. The normalized spacial score (nSPS) is 10.4. The monoisotopic (exact) mass is 248 g/mol. The summed E-state index contributed by atoms with van der Waals surface area (Å²) < 4.78 is 33.3. The molecular weight excluding hydrogens is 232 g/mol. The molecule has 2 N–H and O–H groups in total. The van der Waals surface area contributed by atoms with Crippen LogP contribution in [0, 0.1) is 0 Å². The second-order valence-electron chi connectivity index (χ2n) is 3.06. The lowest BCUT2D eigenvalue weighted by atomic mass is 10.4. The summed E-state index contributed by atoms with van der Waals surface area (Å²) in [5.74, 6) is -0.361. The van der Waals surface area contributed by atoms with Crippen LogP contribution in [0.1, 0.15) is 6.92 Å². The minimum absolute atomic E-state index is 0.00565. The van der Waals surface area contributed by atoms with Crippen molar-refractivity contribution >= 4 is 10.1 Å². The molecule has 0 aliphatic heterocycles. The van der Waals surface area contributed by atoms with E-state index in [0.717, 1.165) is 5.57 Å². The average Bonchev–Trinajstić information content (AvgIpc) is 2.68. The van der Waals surface area contributed by atoms with Crippen molar-refractivity contribution in [2.45, 2.75) is 6.92 Å². The Hall–Kier alpha value is -1.18. The van der Waals surface area contributed by atoms with Gasteiger partial charge in [0.15, 0.2) is 0 Å². The van der Waals surface area contributed by atoms with Crippen LogP contribution in [0.3, 0.4) is 0 Å². The van der Waals surface area contributed by atoms with Crippen LogP contribution in [0.5, 0.6) is 0 Å². The van der Waals surface area contributed by atoms with E-state index in [0.29, 0.717) is 6.61 Å². The topological polar surface area (TPSA) is 92.3 Å². The lowest BCUT2D eigenvalue weighted by Gasteiger charge is -2.00. The largest absolute Gasteiger partial charge is 0.376 e. The van der Waals surface area contributed by atoms with Gasteiger partial charge in [0.25, 0.3) is 10.1 Å². The van der Waals surface area contributed by atoms with E-state index in [2.05, 4.69) is 16.5 Å². The number of aromatic nitrogens is 2. The number of H-pyrrole nitrogens is 1. The van der Waals surface area contributed by atoms with E-state index in [1.807, 2.05) is 0 Å². The molecule has 1 aromatic heterocycles. The molecule has 1 aromatic rings. The summed E-state index contributed by atoms with van der Waals surface area (Å²) in [6.45, 7) is 5.66. The number of aromatic amines is 1. The molecule has 0 aliphatic carbocycles. The maximum absolute atomic E-state index is 10.1. The Kier molecular flexibility index (Phi) is 7.44. The highest BCUT2D eigenvalue weighted by molar-refractivity contribution is 7.85. The molecule has 92 valence electrons. The first kappa shape index (κ1) is 14.8. The van der Waals surface area contributed by atoms with Gasteiger partial charge in [-0.1, -0.05) is 12.2 Å². The highest BCUT2D eigenvalue weighted by atomic mass is 32.2. The van der Waals surface area contributed by atoms with E-state index in [1.165, 1.54) is 0 Å².